The molecule has 8 heteroatoms. The Labute approximate surface area is 180 Å². The van der Waals surface area contributed by atoms with Crippen LogP contribution in [0, 0.1) is 0 Å². The molecule has 0 fully saturated rings. The predicted octanol–water partition coefficient (Wildman–Crippen LogP) is 4.49. The van der Waals surface area contributed by atoms with Crippen molar-refractivity contribution in [2.45, 2.75) is 59.8 Å². The van der Waals surface area contributed by atoms with Crippen LogP contribution < -0.4 is 10.9 Å². The Kier molecular flexibility index (Phi) is 9.21. The largest absolute Gasteiger partial charge is 0.273 e. The quantitative estimate of drug-likeness (QED) is 0.428. The lowest BCUT2D eigenvalue weighted by atomic mass is 10.2. The van der Waals surface area contributed by atoms with Gasteiger partial charge in [-0.3, -0.25) is 9.59 Å². The summed E-state index contributed by atoms with van der Waals surface area (Å²) in [4.78, 5) is 28.5. The van der Waals surface area contributed by atoms with Crippen LogP contribution in [0.3, 0.4) is 0 Å². The van der Waals surface area contributed by atoms with Crippen molar-refractivity contribution in [3.05, 3.63) is 43.8 Å². The summed E-state index contributed by atoms with van der Waals surface area (Å²) in [5, 5.41) is 8.30. The second kappa shape index (κ2) is 11.6. The minimum atomic E-state index is -0.199. The van der Waals surface area contributed by atoms with Crippen molar-refractivity contribution in [1.82, 2.24) is 10.9 Å². The molecule has 0 unspecified atom stereocenters. The zero-order valence-corrected chi connectivity index (χ0v) is 19.0. The van der Waals surface area contributed by atoms with Crippen LogP contribution in [-0.4, -0.2) is 23.2 Å². The highest BCUT2D eigenvalue weighted by molar-refractivity contribution is 7.14. The van der Waals surface area contributed by atoms with Gasteiger partial charge in [-0.1, -0.05) is 13.8 Å². The molecular weight excluding hydrogens is 404 g/mol. The van der Waals surface area contributed by atoms with Crippen LogP contribution in [0.1, 0.15) is 66.5 Å². The van der Waals surface area contributed by atoms with Crippen LogP contribution in [0.5, 0.6) is 0 Å². The Bertz CT molecular complexity index is 824. The van der Waals surface area contributed by atoms with E-state index >= 15 is 0 Å². The lowest BCUT2D eigenvalue weighted by Crippen LogP contribution is -2.21. The third-order valence-corrected chi connectivity index (χ3v) is 6.91. The van der Waals surface area contributed by atoms with E-state index in [1.165, 1.54) is 9.75 Å². The van der Waals surface area contributed by atoms with E-state index in [2.05, 4.69) is 47.0 Å². The van der Waals surface area contributed by atoms with Gasteiger partial charge < -0.3 is 0 Å². The molecule has 2 amide bonds. The highest BCUT2D eigenvalue weighted by Crippen LogP contribution is 2.18. The molecule has 2 N–H and O–H groups in total. The number of hydrazone groups is 2. The average Bonchev–Trinajstić information content (AvgIpc) is 3.39. The van der Waals surface area contributed by atoms with Crippen molar-refractivity contribution in [3.8, 4) is 0 Å². The van der Waals surface area contributed by atoms with Crippen LogP contribution >= 0.6 is 22.7 Å². The molecule has 156 valence electrons. The van der Waals surface area contributed by atoms with E-state index in [1.807, 2.05) is 26.0 Å². The van der Waals surface area contributed by atoms with E-state index in [-0.39, 0.29) is 24.7 Å². The van der Waals surface area contributed by atoms with E-state index in [0.29, 0.717) is 6.42 Å². The number of carbonyl (C=O) groups is 2. The first-order chi connectivity index (χ1) is 13.9. The van der Waals surface area contributed by atoms with Crippen LogP contribution in [0.25, 0.3) is 0 Å². The van der Waals surface area contributed by atoms with Crippen LogP contribution in [0.2, 0.25) is 0 Å². The fraction of sp³-hybridized carbons (Fsp3) is 0.429. The number of nitrogens with zero attached hydrogens (tertiary/aromatic N) is 2. The summed E-state index contributed by atoms with van der Waals surface area (Å²) in [5.41, 5.74) is 6.68. The van der Waals surface area contributed by atoms with Gasteiger partial charge in [-0.25, -0.2) is 10.9 Å². The summed E-state index contributed by atoms with van der Waals surface area (Å²) in [6.07, 6.45) is 2.90. The molecule has 2 aromatic heterocycles. The number of rotatable bonds is 10. The lowest BCUT2D eigenvalue weighted by molar-refractivity contribution is -0.122. The van der Waals surface area contributed by atoms with Crippen LogP contribution in [-0.2, 0) is 22.4 Å². The summed E-state index contributed by atoms with van der Waals surface area (Å²) in [6.45, 7) is 7.96. The summed E-state index contributed by atoms with van der Waals surface area (Å²) in [7, 11) is 0. The average molecular weight is 433 g/mol. The van der Waals surface area contributed by atoms with Crippen molar-refractivity contribution >= 4 is 45.9 Å². The van der Waals surface area contributed by atoms with Crippen molar-refractivity contribution in [3.63, 3.8) is 0 Å². The normalized spacial score (nSPS) is 12.1. The topological polar surface area (TPSA) is 82.9 Å². The molecule has 0 spiro atoms. The van der Waals surface area contributed by atoms with E-state index in [1.54, 1.807) is 22.7 Å². The molecule has 2 heterocycles. The molecule has 0 saturated heterocycles. The van der Waals surface area contributed by atoms with Gasteiger partial charge in [0, 0.05) is 22.6 Å². The first-order valence-corrected chi connectivity index (χ1v) is 11.4. The molecule has 2 rings (SSSR count). The number of hydrogen-bond acceptors (Lipinski definition) is 6. The number of carbonyl (C=O) groups excluding carboxylic acids is 2. The lowest BCUT2D eigenvalue weighted by Gasteiger charge is -2.03. The monoisotopic (exact) mass is 432 g/mol. The molecule has 0 radical (unpaired) electrons. The Hall–Kier alpha value is -2.32. The van der Waals surface area contributed by atoms with Gasteiger partial charge in [-0.15, -0.1) is 22.7 Å². The fourth-order valence-electron chi connectivity index (χ4n) is 2.45. The van der Waals surface area contributed by atoms with Crippen LogP contribution in [0.15, 0.2) is 34.5 Å². The Morgan fingerprint density at radius 1 is 0.793 bits per heavy atom. The SMILES string of the molecule is CCc1ccc(/C(C)=N/NC(=O)CCCC(=O)N/N=C(\C)c2ccc(CC)s2)s1. The molecule has 0 aliphatic carbocycles. The molecule has 6 nitrogen and oxygen atoms in total. The second-order valence-corrected chi connectivity index (χ2v) is 8.89. The molecule has 0 atom stereocenters. The molecule has 2 aromatic rings. The van der Waals surface area contributed by atoms with E-state index in [9.17, 15) is 9.59 Å². The summed E-state index contributed by atoms with van der Waals surface area (Å²) < 4.78 is 0. The van der Waals surface area contributed by atoms with Gasteiger partial charge in [-0.05, 0) is 57.4 Å². The zero-order valence-electron chi connectivity index (χ0n) is 17.4. The Morgan fingerprint density at radius 2 is 1.21 bits per heavy atom. The second-order valence-electron chi connectivity index (χ2n) is 6.56. The maximum Gasteiger partial charge on any atom is 0.240 e. The van der Waals surface area contributed by atoms with Crippen molar-refractivity contribution in [1.29, 1.82) is 0 Å². The number of thiophene rings is 2. The maximum absolute atomic E-state index is 11.9. The van der Waals surface area contributed by atoms with Crippen molar-refractivity contribution < 1.29 is 9.59 Å². The minimum absolute atomic E-state index is 0.199. The molecule has 0 aliphatic heterocycles. The number of hydrogen-bond donors (Lipinski definition) is 2. The van der Waals surface area contributed by atoms with Gasteiger partial charge in [0.1, 0.15) is 0 Å². The van der Waals surface area contributed by atoms with E-state index in [4.69, 9.17) is 0 Å². The highest BCUT2D eigenvalue weighted by atomic mass is 32.1. The first-order valence-electron chi connectivity index (χ1n) is 9.77. The molecule has 29 heavy (non-hydrogen) atoms. The number of aryl methyl sites for hydroxylation is 2. The van der Waals surface area contributed by atoms with Gasteiger partial charge in [0.2, 0.25) is 11.8 Å². The Morgan fingerprint density at radius 3 is 1.55 bits per heavy atom. The van der Waals surface area contributed by atoms with Gasteiger partial charge >= 0.3 is 0 Å². The maximum atomic E-state index is 11.9. The standard InChI is InChI=1S/C21H28N4O2S2/c1-5-16-10-12-18(28-16)14(3)22-24-20(26)8-7-9-21(27)25-23-15(4)19-13-11-17(6-2)29-19/h10-13H,5-9H2,1-4H3,(H,24,26)(H,25,27)/b22-14+,23-15+. The van der Waals surface area contributed by atoms with Gasteiger partial charge in [0.25, 0.3) is 0 Å². The van der Waals surface area contributed by atoms with Gasteiger partial charge in [0.15, 0.2) is 0 Å². The molecular formula is C21H28N4O2S2. The van der Waals surface area contributed by atoms with E-state index in [0.717, 1.165) is 34.0 Å². The zero-order chi connectivity index (χ0) is 21.2. The van der Waals surface area contributed by atoms with E-state index < -0.39 is 0 Å². The van der Waals surface area contributed by atoms with Crippen molar-refractivity contribution in [2.75, 3.05) is 0 Å². The molecule has 0 saturated carbocycles. The molecule has 0 aromatic carbocycles. The smallest absolute Gasteiger partial charge is 0.240 e. The minimum Gasteiger partial charge on any atom is -0.273 e. The van der Waals surface area contributed by atoms with Crippen molar-refractivity contribution in [2.24, 2.45) is 10.2 Å². The third-order valence-electron chi connectivity index (χ3n) is 4.24. The third kappa shape index (κ3) is 7.55. The number of amides is 2. The molecule has 0 aliphatic rings. The number of nitrogens with one attached hydrogen (secondary N) is 2. The first kappa shape index (κ1) is 23.0. The van der Waals surface area contributed by atoms with Gasteiger partial charge in [-0.2, -0.15) is 10.2 Å². The summed E-state index contributed by atoms with van der Waals surface area (Å²) in [6, 6.07) is 8.18. The van der Waals surface area contributed by atoms with Crippen LogP contribution in [0.4, 0.5) is 0 Å². The summed E-state index contributed by atoms with van der Waals surface area (Å²) >= 11 is 3.35. The summed E-state index contributed by atoms with van der Waals surface area (Å²) in [5.74, 6) is -0.399. The predicted molar refractivity (Wildman–Crippen MR) is 122 cm³/mol. The molecule has 0 bridgehead atoms. The highest BCUT2D eigenvalue weighted by Gasteiger charge is 2.07. The van der Waals surface area contributed by atoms with Gasteiger partial charge in [0.05, 0.1) is 21.2 Å². The Balaban J connectivity index is 1.70. The fourth-order valence-corrected chi connectivity index (χ4v) is 4.23.